The van der Waals surface area contributed by atoms with Crippen molar-refractivity contribution >= 4 is 27.6 Å². The first-order valence-electron chi connectivity index (χ1n) is 9.58. The summed E-state index contributed by atoms with van der Waals surface area (Å²) in [5.74, 6) is -1.31. The fraction of sp³-hybridized carbons (Fsp3) is 0.227. The minimum Gasteiger partial charge on any atom is -0.488 e. The molecule has 8 nitrogen and oxygen atoms in total. The minimum absolute atomic E-state index is 0.0751. The van der Waals surface area contributed by atoms with Crippen LogP contribution in [0.5, 0.6) is 5.75 Å². The van der Waals surface area contributed by atoms with Crippen molar-refractivity contribution in [3.63, 3.8) is 0 Å². The van der Waals surface area contributed by atoms with Crippen LogP contribution in [-0.4, -0.2) is 43.3 Å². The molecule has 0 aliphatic carbocycles. The Morgan fingerprint density at radius 1 is 1.10 bits per heavy atom. The van der Waals surface area contributed by atoms with E-state index in [1.165, 1.54) is 18.2 Å². The van der Waals surface area contributed by atoms with Gasteiger partial charge in [0.15, 0.2) is 9.84 Å². The van der Waals surface area contributed by atoms with Gasteiger partial charge in [0.2, 0.25) is 5.91 Å². The number of hydrogen-bond acceptors (Lipinski definition) is 6. The average molecular weight is 440 g/mol. The van der Waals surface area contributed by atoms with Crippen LogP contribution in [0.1, 0.15) is 39.1 Å². The van der Waals surface area contributed by atoms with Gasteiger partial charge in [-0.1, -0.05) is 24.8 Å². The lowest BCUT2D eigenvalue weighted by Crippen LogP contribution is -2.51. The third kappa shape index (κ3) is 3.84. The monoisotopic (exact) mass is 440 g/mol. The van der Waals surface area contributed by atoms with Gasteiger partial charge in [-0.15, -0.1) is 0 Å². The zero-order valence-corrected chi connectivity index (χ0v) is 17.6. The third-order valence-corrected chi connectivity index (χ3v) is 6.42. The summed E-state index contributed by atoms with van der Waals surface area (Å²) in [5, 5.41) is 2.60. The molecular weight excluding hydrogens is 420 g/mol. The summed E-state index contributed by atoms with van der Waals surface area (Å²) in [4.78, 5) is 39.5. The largest absolute Gasteiger partial charge is 0.488 e. The van der Waals surface area contributed by atoms with Gasteiger partial charge >= 0.3 is 0 Å². The molecule has 4 rings (SSSR count). The fourth-order valence-electron chi connectivity index (χ4n) is 3.68. The summed E-state index contributed by atoms with van der Waals surface area (Å²) < 4.78 is 29.0. The number of nitrogens with zero attached hydrogens (tertiary/aromatic N) is 1. The minimum atomic E-state index is -3.30. The number of piperidine rings is 1. The predicted molar refractivity (Wildman–Crippen MR) is 111 cm³/mol. The van der Waals surface area contributed by atoms with Crippen molar-refractivity contribution in [3.05, 3.63) is 71.4 Å². The molecular formula is C22H20N2O6S. The molecule has 2 heterocycles. The number of carbonyl (C=O) groups is 3. The van der Waals surface area contributed by atoms with E-state index >= 15 is 0 Å². The smallest absolute Gasteiger partial charge is 0.266 e. The second kappa shape index (κ2) is 7.66. The highest BCUT2D eigenvalue weighted by Gasteiger charge is 2.45. The highest BCUT2D eigenvalue weighted by molar-refractivity contribution is 7.90. The van der Waals surface area contributed by atoms with E-state index in [1.807, 2.05) is 0 Å². The zero-order chi connectivity index (χ0) is 22.3. The molecule has 2 aliphatic rings. The number of fused-ring (bicyclic) bond motifs is 1. The van der Waals surface area contributed by atoms with Crippen LogP contribution >= 0.6 is 0 Å². The molecule has 1 fully saturated rings. The van der Waals surface area contributed by atoms with Crippen LogP contribution in [0.3, 0.4) is 0 Å². The van der Waals surface area contributed by atoms with Crippen LogP contribution in [0, 0.1) is 0 Å². The topological polar surface area (TPSA) is 110 Å². The first-order valence-corrected chi connectivity index (χ1v) is 11.5. The number of allylic oxidation sites excluding steroid dienone is 1. The summed E-state index contributed by atoms with van der Waals surface area (Å²) in [5.41, 5.74) is 1.57. The number of nitrogens with one attached hydrogen (secondary N) is 1. The predicted octanol–water partition coefficient (Wildman–Crippen LogP) is 2.06. The molecule has 31 heavy (non-hydrogen) atoms. The van der Waals surface area contributed by atoms with Gasteiger partial charge in [0.1, 0.15) is 18.4 Å². The first-order chi connectivity index (χ1) is 14.7. The fourth-order valence-corrected chi connectivity index (χ4v) is 4.31. The second-order valence-electron chi connectivity index (χ2n) is 7.51. The first kappa shape index (κ1) is 20.8. The maximum Gasteiger partial charge on any atom is 0.266 e. The van der Waals surface area contributed by atoms with E-state index in [-0.39, 0.29) is 28.4 Å². The zero-order valence-electron chi connectivity index (χ0n) is 16.8. The van der Waals surface area contributed by atoms with Gasteiger partial charge in [-0.2, -0.15) is 0 Å². The van der Waals surface area contributed by atoms with Crippen LogP contribution in [-0.2, 0) is 21.2 Å². The molecule has 1 unspecified atom stereocenters. The molecule has 2 aromatic rings. The molecule has 0 spiro atoms. The van der Waals surface area contributed by atoms with Gasteiger partial charge in [0.05, 0.1) is 16.0 Å². The molecule has 0 radical (unpaired) electrons. The maximum atomic E-state index is 13.1. The van der Waals surface area contributed by atoms with Crippen LogP contribution < -0.4 is 10.1 Å². The normalized spacial score (nSPS) is 18.7. The van der Waals surface area contributed by atoms with E-state index in [4.69, 9.17) is 4.74 Å². The van der Waals surface area contributed by atoms with E-state index < -0.39 is 33.6 Å². The molecule has 0 bridgehead atoms. The van der Waals surface area contributed by atoms with Crippen molar-refractivity contribution < 1.29 is 27.5 Å². The Kier molecular flexibility index (Phi) is 5.14. The quantitative estimate of drug-likeness (QED) is 0.713. The highest BCUT2D eigenvalue weighted by atomic mass is 32.2. The number of imide groups is 1. The molecule has 0 aromatic heterocycles. The molecule has 1 atom stereocenters. The van der Waals surface area contributed by atoms with Gasteiger partial charge < -0.3 is 10.1 Å². The van der Waals surface area contributed by atoms with Gasteiger partial charge in [-0.3, -0.25) is 19.3 Å². The van der Waals surface area contributed by atoms with Gasteiger partial charge in [0.25, 0.3) is 11.8 Å². The lowest BCUT2D eigenvalue weighted by Gasteiger charge is -2.29. The van der Waals surface area contributed by atoms with Crippen molar-refractivity contribution in [2.45, 2.75) is 30.4 Å². The number of carbonyl (C=O) groups excluding carboxylic acids is 3. The summed E-state index contributed by atoms with van der Waals surface area (Å²) >= 11 is 0. The highest BCUT2D eigenvalue weighted by Crippen LogP contribution is 2.34. The van der Waals surface area contributed by atoms with Gasteiger partial charge in [-0.05, 0) is 42.7 Å². The van der Waals surface area contributed by atoms with Crippen LogP contribution in [0.15, 0.2) is 59.6 Å². The van der Waals surface area contributed by atoms with E-state index in [0.29, 0.717) is 24.1 Å². The van der Waals surface area contributed by atoms with Crippen LogP contribution in [0.2, 0.25) is 0 Å². The summed E-state index contributed by atoms with van der Waals surface area (Å²) in [6.45, 7) is 3.79. The number of amides is 3. The molecule has 9 heteroatoms. The van der Waals surface area contributed by atoms with Crippen LogP contribution in [0.25, 0.3) is 0 Å². The standard InChI is InChI=1S/C22H20N2O6S/c1-13-6-11-17(20(25)23-13)24-21(26)16-4-3-5-18(19(16)22(24)27)30-12-14-7-9-15(10-8-14)31(2,28)29/h3-5,7-10,17H,1,6,11-12H2,2H3,(H,23,25). The van der Waals surface area contributed by atoms with Crippen LogP contribution in [0.4, 0.5) is 0 Å². The van der Waals surface area contributed by atoms with Gasteiger partial charge in [0, 0.05) is 12.0 Å². The molecule has 0 saturated carbocycles. The molecule has 2 aliphatic heterocycles. The lowest BCUT2D eigenvalue weighted by molar-refractivity contribution is -0.125. The van der Waals surface area contributed by atoms with Crippen molar-refractivity contribution in [3.8, 4) is 5.75 Å². The van der Waals surface area contributed by atoms with Gasteiger partial charge in [-0.25, -0.2) is 8.42 Å². The van der Waals surface area contributed by atoms with E-state index in [1.54, 1.807) is 24.3 Å². The Bertz CT molecular complexity index is 1220. The Morgan fingerprint density at radius 3 is 2.45 bits per heavy atom. The summed E-state index contributed by atoms with van der Waals surface area (Å²) in [7, 11) is -3.30. The van der Waals surface area contributed by atoms with Crippen molar-refractivity contribution in [2.75, 3.05) is 6.26 Å². The van der Waals surface area contributed by atoms with Crippen molar-refractivity contribution in [2.24, 2.45) is 0 Å². The molecule has 2 aromatic carbocycles. The van der Waals surface area contributed by atoms with E-state index in [2.05, 4.69) is 11.9 Å². The van der Waals surface area contributed by atoms with Crippen molar-refractivity contribution in [1.29, 1.82) is 0 Å². The average Bonchev–Trinajstić information content (AvgIpc) is 2.97. The Hall–Kier alpha value is -3.46. The SMILES string of the molecule is C=C1CCC(N2C(=O)c3cccc(OCc4ccc(S(C)(=O)=O)cc4)c3C2=O)C(=O)N1. The molecule has 1 saturated heterocycles. The third-order valence-electron chi connectivity index (χ3n) is 5.29. The summed E-state index contributed by atoms with van der Waals surface area (Å²) in [6, 6.07) is 10.0. The number of hydrogen-bond donors (Lipinski definition) is 1. The van der Waals surface area contributed by atoms with E-state index in [9.17, 15) is 22.8 Å². The molecule has 160 valence electrons. The van der Waals surface area contributed by atoms with Crippen molar-refractivity contribution in [1.82, 2.24) is 10.2 Å². The number of sulfone groups is 1. The summed E-state index contributed by atoms with van der Waals surface area (Å²) in [6.07, 6.45) is 1.93. The Morgan fingerprint density at radius 2 is 1.81 bits per heavy atom. The number of rotatable bonds is 5. The Labute approximate surface area is 179 Å². The lowest BCUT2D eigenvalue weighted by atomic mass is 10.0. The second-order valence-corrected chi connectivity index (χ2v) is 9.53. The molecule has 1 N–H and O–H groups in total. The Balaban J connectivity index is 1.56. The number of benzene rings is 2. The molecule has 3 amide bonds. The van der Waals surface area contributed by atoms with E-state index in [0.717, 1.165) is 11.2 Å². The maximum absolute atomic E-state index is 13.1. The number of ether oxygens (including phenoxy) is 1.